The Labute approximate surface area is 187 Å². The highest BCUT2D eigenvalue weighted by Gasteiger charge is 2.45. The summed E-state index contributed by atoms with van der Waals surface area (Å²) in [7, 11) is -4.71. The molecule has 6 N–H and O–H groups in total. The number of anilines is 1. The third-order valence-electron chi connectivity index (χ3n) is 5.69. The fourth-order valence-corrected chi connectivity index (χ4v) is 4.66. The van der Waals surface area contributed by atoms with Crippen LogP contribution in [0.2, 0.25) is 5.28 Å². The SMILES string of the molecule is O=P(O)(O)C(CO)OC[C@H]1O[C@@H](n2cnc3c(NC4CCCC4)nc(Cl)nc32)[C@H](O)[C@@H]1O. The molecule has 0 amide bonds. The lowest BCUT2D eigenvalue weighted by atomic mass is 10.1. The topological polar surface area (TPSA) is 192 Å². The molecule has 2 fully saturated rings. The molecule has 1 saturated heterocycles. The quantitative estimate of drug-likeness (QED) is 0.213. The zero-order valence-electron chi connectivity index (χ0n) is 16.9. The minimum Gasteiger partial charge on any atom is -0.393 e. The Morgan fingerprint density at radius 2 is 2.00 bits per heavy atom. The van der Waals surface area contributed by atoms with Gasteiger partial charge < -0.3 is 39.9 Å². The van der Waals surface area contributed by atoms with Crippen LogP contribution in [0.3, 0.4) is 0 Å². The molecule has 0 bridgehead atoms. The van der Waals surface area contributed by atoms with Crippen LogP contribution in [0.1, 0.15) is 31.9 Å². The standard InChI is InChI=1S/C17H25ClN5O8P/c18-17-21-14(20-8-3-1-2-4-8)11-15(22-17)23(7-19-11)16-13(26)12(25)9(31-16)6-30-10(5-24)32(27,28)29/h7-10,12-13,16,24-26H,1-6H2,(H,20,21,22)(H2,27,28,29)/t9-,10?,12-,13-,16-/m1/s1. The molecule has 32 heavy (non-hydrogen) atoms. The summed E-state index contributed by atoms with van der Waals surface area (Å²) in [4.78, 5) is 31.1. The number of imidazole rings is 1. The maximum Gasteiger partial charge on any atom is 0.356 e. The molecule has 3 heterocycles. The van der Waals surface area contributed by atoms with E-state index < -0.39 is 51.2 Å². The van der Waals surface area contributed by atoms with Crippen molar-refractivity contribution >= 4 is 36.2 Å². The van der Waals surface area contributed by atoms with E-state index in [1.54, 1.807) is 0 Å². The number of fused-ring (bicyclic) bond motifs is 1. The largest absolute Gasteiger partial charge is 0.393 e. The average molecular weight is 494 g/mol. The van der Waals surface area contributed by atoms with Gasteiger partial charge in [-0.05, 0) is 24.4 Å². The average Bonchev–Trinajstić information content (AvgIpc) is 3.44. The Kier molecular flexibility index (Phi) is 7.01. The van der Waals surface area contributed by atoms with E-state index in [4.69, 9.17) is 26.2 Å². The van der Waals surface area contributed by atoms with Crippen LogP contribution in [-0.2, 0) is 14.0 Å². The lowest BCUT2D eigenvalue weighted by Gasteiger charge is -2.20. The highest BCUT2D eigenvalue weighted by molar-refractivity contribution is 7.52. The Balaban J connectivity index is 1.54. The van der Waals surface area contributed by atoms with Crippen LogP contribution in [0.15, 0.2) is 6.33 Å². The Bertz CT molecular complexity index is 999. The summed E-state index contributed by atoms with van der Waals surface area (Å²) in [5, 5.41) is 33.3. The molecule has 2 aromatic rings. The van der Waals surface area contributed by atoms with E-state index >= 15 is 0 Å². The molecule has 178 valence electrons. The van der Waals surface area contributed by atoms with E-state index in [9.17, 15) is 24.6 Å². The number of aliphatic hydroxyl groups is 3. The van der Waals surface area contributed by atoms with Crippen molar-refractivity contribution < 1.29 is 39.1 Å². The monoisotopic (exact) mass is 493 g/mol. The van der Waals surface area contributed by atoms with Crippen LogP contribution in [0.4, 0.5) is 5.82 Å². The summed E-state index contributed by atoms with van der Waals surface area (Å²) < 4.78 is 23.4. The van der Waals surface area contributed by atoms with Crippen LogP contribution in [0.25, 0.3) is 11.2 Å². The second kappa shape index (κ2) is 9.45. The number of nitrogens with zero attached hydrogens (tertiary/aromatic N) is 4. The smallest absolute Gasteiger partial charge is 0.356 e. The lowest BCUT2D eigenvalue weighted by molar-refractivity contribution is -0.0775. The van der Waals surface area contributed by atoms with Crippen molar-refractivity contribution in [1.82, 2.24) is 19.5 Å². The molecule has 1 aliphatic heterocycles. The number of halogens is 1. The summed E-state index contributed by atoms with van der Waals surface area (Å²) in [6.07, 6.45) is 0.555. The molecule has 15 heteroatoms. The van der Waals surface area contributed by atoms with Crippen molar-refractivity contribution in [3.8, 4) is 0 Å². The molecule has 2 aromatic heterocycles. The second-order valence-electron chi connectivity index (χ2n) is 7.90. The summed E-state index contributed by atoms with van der Waals surface area (Å²) in [5.74, 6) is -1.30. The molecule has 2 aliphatic rings. The molecule has 1 aliphatic carbocycles. The molecule has 0 spiro atoms. The van der Waals surface area contributed by atoms with Crippen LogP contribution in [-0.4, -0.2) is 88.0 Å². The molecule has 1 unspecified atom stereocenters. The first kappa shape index (κ1) is 23.7. The number of hydrogen-bond acceptors (Lipinski definition) is 10. The van der Waals surface area contributed by atoms with Gasteiger partial charge in [0.2, 0.25) is 5.28 Å². The molecular weight excluding hydrogens is 469 g/mol. The van der Waals surface area contributed by atoms with Gasteiger partial charge in [-0.2, -0.15) is 9.97 Å². The molecule has 1 saturated carbocycles. The van der Waals surface area contributed by atoms with E-state index in [0.29, 0.717) is 11.3 Å². The van der Waals surface area contributed by atoms with Gasteiger partial charge in [0.15, 0.2) is 29.1 Å². The van der Waals surface area contributed by atoms with E-state index in [0.717, 1.165) is 25.7 Å². The predicted molar refractivity (Wildman–Crippen MR) is 111 cm³/mol. The number of rotatable bonds is 8. The molecule has 5 atom stereocenters. The second-order valence-corrected chi connectivity index (χ2v) is 9.99. The Hall–Kier alpha value is -1.41. The Morgan fingerprint density at radius 1 is 1.28 bits per heavy atom. The molecule has 0 aromatic carbocycles. The predicted octanol–water partition coefficient (Wildman–Crippen LogP) is -0.0339. The van der Waals surface area contributed by atoms with Gasteiger partial charge in [0.25, 0.3) is 0 Å². The summed E-state index contributed by atoms with van der Waals surface area (Å²) >= 11 is 6.11. The highest BCUT2D eigenvalue weighted by Crippen LogP contribution is 2.42. The van der Waals surface area contributed by atoms with Crippen molar-refractivity contribution in [3.05, 3.63) is 11.6 Å². The number of hydrogen-bond donors (Lipinski definition) is 6. The first-order valence-electron chi connectivity index (χ1n) is 10.1. The van der Waals surface area contributed by atoms with Crippen molar-refractivity contribution in [1.29, 1.82) is 0 Å². The molecule has 0 radical (unpaired) electrons. The number of aromatic nitrogens is 4. The van der Waals surface area contributed by atoms with Gasteiger partial charge in [-0.1, -0.05) is 12.8 Å². The molecule has 4 rings (SSSR count). The third-order valence-corrected chi connectivity index (χ3v) is 6.92. The van der Waals surface area contributed by atoms with E-state index in [2.05, 4.69) is 20.3 Å². The van der Waals surface area contributed by atoms with Crippen molar-refractivity contribution in [2.45, 2.75) is 62.1 Å². The van der Waals surface area contributed by atoms with Gasteiger partial charge >= 0.3 is 7.60 Å². The van der Waals surface area contributed by atoms with E-state index in [-0.39, 0.29) is 17.0 Å². The maximum absolute atomic E-state index is 11.3. The maximum atomic E-state index is 11.3. The highest BCUT2D eigenvalue weighted by atomic mass is 35.5. The number of ether oxygens (including phenoxy) is 2. The lowest BCUT2D eigenvalue weighted by Crippen LogP contribution is -2.35. The fourth-order valence-electron chi connectivity index (χ4n) is 4.00. The van der Waals surface area contributed by atoms with E-state index in [1.807, 2.05) is 0 Å². The minimum absolute atomic E-state index is 0.0277. The normalized spacial score (nSPS) is 27.9. The van der Waals surface area contributed by atoms with Gasteiger partial charge in [0, 0.05) is 6.04 Å². The van der Waals surface area contributed by atoms with Crippen molar-refractivity contribution in [2.75, 3.05) is 18.5 Å². The molecular formula is C17H25ClN5O8P. The van der Waals surface area contributed by atoms with Crippen LogP contribution in [0, 0.1) is 0 Å². The van der Waals surface area contributed by atoms with E-state index in [1.165, 1.54) is 10.9 Å². The van der Waals surface area contributed by atoms with Gasteiger partial charge in [-0.3, -0.25) is 9.13 Å². The first-order valence-corrected chi connectivity index (χ1v) is 12.2. The zero-order valence-corrected chi connectivity index (χ0v) is 18.5. The third kappa shape index (κ3) is 4.76. The van der Waals surface area contributed by atoms with Crippen molar-refractivity contribution in [3.63, 3.8) is 0 Å². The number of aliphatic hydroxyl groups excluding tert-OH is 3. The zero-order chi connectivity index (χ0) is 23.0. The van der Waals surface area contributed by atoms with Gasteiger partial charge in [-0.25, -0.2) is 4.98 Å². The summed E-state index contributed by atoms with van der Waals surface area (Å²) in [6.45, 7) is -1.39. The fraction of sp³-hybridized carbons (Fsp3) is 0.706. The van der Waals surface area contributed by atoms with Gasteiger partial charge in [0.1, 0.15) is 18.3 Å². The van der Waals surface area contributed by atoms with Gasteiger partial charge in [-0.15, -0.1) is 0 Å². The minimum atomic E-state index is -4.71. The van der Waals surface area contributed by atoms with Gasteiger partial charge in [0.05, 0.1) is 19.5 Å². The van der Waals surface area contributed by atoms with Crippen LogP contribution < -0.4 is 5.32 Å². The van der Waals surface area contributed by atoms with Crippen molar-refractivity contribution in [2.24, 2.45) is 0 Å². The number of nitrogens with one attached hydrogen (secondary N) is 1. The Morgan fingerprint density at radius 3 is 2.66 bits per heavy atom. The first-order chi connectivity index (χ1) is 15.2. The summed E-state index contributed by atoms with van der Waals surface area (Å²) in [5.41, 5.74) is 0.708. The van der Waals surface area contributed by atoms with Crippen LogP contribution >= 0.6 is 19.2 Å². The summed E-state index contributed by atoms with van der Waals surface area (Å²) in [6, 6.07) is 0.250. The van der Waals surface area contributed by atoms with Crippen LogP contribution in [0.5, 0.6) is 0 Å². The molecule has 13 nitrogen and oxygen atoms in total.